The molecular formula is C60H43N3O2. The van der Waals surface area contributed by atoms with Crippen LogP contribution in [0.2, 0.25) is 0 Å². The van der Waals surface area contributed by atoms with Crippen molar-refractivity contribution in [2.24, 2.45) is 15.9 Å². The van der Waals surface area contributed by atoms with E-state index in [4.69, 9.17) is 18.8 Å². The summed E-state index contributed by atoms with van der Waals surface area (Å²) in [5.41, 5.74) is 16.0. The van der Waals surface area contributed by atoms with E-state index in [0.29, 0.717) is 0 Å². The van der Waals surface area contributed by atoms with Gasteiger partial charge in [0.15, 0.2) is 5.84 Å². The van der Waals surface area contributed by atoms with Crippen molar-refractivity contribution in [3.8, 4) is 22.3 Å². The standard InChI is InChI=1S/C60H43N3O2/c1-2-43-58(46-23-14-26-54-56(46)45-22-12-13-25-52(45)64-54)61-60(38-18-8-4-9-19-38)62-59(43)47-24-15-27-55-57(47)49-35-40(30-33-53(49)65-55)41-28-31-44-48-34-39(37-16-6-3-7-17-37)29-32-50(48)63(51(44)36-41)42-20-10-5-11-21-42/h3-4,6-10,12-36,43,59H,2,5,11H2,1H3. The van der Waals surface area contributed by atoms with Gasteiger partial charge in [0, 0.05) is 55.1 Å². The molecule has 0 saturated carbocycles. The van der Waals surface area contributed by atoms with Gasteiger partial charge in [-0.25, -0.2) is 4.99 Å². The second kappa shape index (κ2) is 15.1. The Morgan fingerprint density at radius 3 is 2.02 bits per heavy atom. The fourth-order valence-corrected chi connectivity index (χ4v) is 10.6. The van der Waals surface area contributed by atoms with Crippen molar-refractivity contribution in [3.05, 3.63) is 211 Å². The Hall–Kier alpha value is -8.02. The highest BCUT2D eigenvalue weighted by Gasteiger charge is 2.35. The second-order valence-electron chi connectivity index (χ2n) is 17.4. The van der Waals surface area contributed by atoms with Crippen LogP contribution in [0.25, 0.3) is 93.6 Å². The molecular weight excluding hydrogens is 795 g/mol. The normalized spacial score (nSPS) is 16.5. The average Bonchev–Trinajstić information content (AvgIpc) is 4.05. The van der Waals surface area contributed by atoms with Gasteiger partial charge in [-0.15, -0.1) is 0 Å². The lowest BCUT2D eigenvalue weighted by Crippen LogP contribution is -2.28. The van der Waals surface area contributed by atoms with Crippen LogP contribution in [0, 0.1) is 5.92 Å². The molecule has 3 aromatic heterocycles. The van der Waals surface area contributed by atoms with Crippen molar-refractivity contribution in [2.75, 3.05) is 0 Å². The molecule has 5 heteroatoms. The van der Waals surface area contributed by atoms with Crippen LogP contribution in [-0.2, 0) is 0 Å². The number of para-hydroxylation sites is 1. The minimum Gasteiger partial charge on any atom is -0.456 e. The van der Waals surface area contributed by atoms with Gasteiger partial charge in [0.25, 0.3) is 0 Å². The van der Waals surface area contributed by atoms with E-state index in [2.05, 4.69) is 187 Å². The zero-order chi connectivity index (χ0) is 43.0. The number of benzene rings is 8. The van der Waals surface area contributed by atoms with Gasteiger partial charge < -0.3 is 13.4 Å². The van der Waals surface area contributed by atoms with E-state index in [1.54, 1.807) is 0 Å². The quantitative estimate of drug-likeness (QED) is 0.161. The Morgan fingerprint density at radius 1 is 0.523 bits per heavy atom. The summed E-state index contributed by atoms with van der Waals surface area (Å²) in [4.78, 5) is 11.0. The number of fused-ring (bicyclic) bond motifs is 9. The molecule has 8 aromatic carbocycles. The molecule has 0 N–H and O–H groups in total. The van der Waals surface area contributed by atoms with E-state index >= 15 is 0 Å². The fraction of sp³-hybridized carbons (Fsp3) is 0.100. The van der Waals surface area contributed by atoms with Crippen LogP contribution in [0.15, 0.2) is 213 Å². The molecule has 11 aromatic rings. The third kappa shape index (κ3) is 6.07. The predicted octanol–water partition coefficient (Wildman–Crippen LogP) is 16.1. The maximum atomic E-state index is 6.71. The fourth-order valence-electron chi connectivity index (χ4n) is 10.6. The van der Waals surface area contributed by atoms with Crippen LogP contribution in [0.5, 0.6) is 0 Å². The summed E-state index contributed by atoms with van der Waals surface area (Å²) < 4.78 is 15.6. The van der Waals surface area contributed by atoms with Gasteiger partial charge in [0.05, 0.1) is 22.8 Å². The van der Waals surface area contributed by atoms with Crippen molar-refractivity contribution in [1.82, 2.24) is 4.57 Å². The van der Waals surface area contributed by atoms with Crippen molar-refractivity contribution < 1.29 is 8.83 Å². The Kier molecular flexibility index (Phi) is 8.70. The lowest BCUT2D eigenvalue weighted by atomic mass is 9.81. The van der Waals surface area contributed by atoms with Crippen LogP contribution in [0.1, 0.15) is 48.9 Å². The number of amidine groups is 1. The van der Waals surface area contributed by atoms with E-state index in [-0.39, 0.29) is 12.0 Å². The van der Waals surface area contributed by atoms with Crippen molar-refractivity contribution in [2.45, 2.75) is 32.2 Å². The lowest BCUT2D eigenvalue weighted by molar-refractivity contribution is 0.535. The van der Waals surface area contributed by atoms with E-state index in [0.717, 1.165) is 103 Å². The Labute approximate surface area is 376 Å². The molecule has 1 aliphatic carbocycles. The molecule has 0 amide bonds. The molecule has 0 spiro atoms. The molecule has 4 heterocycles. The maximum Gasteiger partial charge on any atom is 0.155 e. The summed E-state index contributed by atoms with van der Waals surface area (Å²) >= 11 is 0. The summed E-state index contributed by atoms with van der Waals surface area (Å²) in [6.07, 6.45) is 9.87. The molecule has 0 saturated heterocycles. The monoisotopic (exact) mass is 837 g/mol. The minimum absolute atomic E-state index is 0.0182. The summed E-state index contributed by atoms with van der Waals surface area (Å²) in [6.45, 7) is 2.26. The summed E-state index contributed by atoms with van der Waals surface area (Å²) in [7, 11) is 0. The molecule has 1 aliphatic heterocycles. The third-order valence-electron chi connectivity index (χ3n) is 13.7. The topological polar surface area (TPSA) is 55.9 Å². The van der Waals surface area contributed by atoms with Crippen LogP contribution < -0.4 is 0 Å². The molecule has 0 fully saturated rings. The number of hydrogen-bond donors (Lipinski definition) is 0. The van der Waals surface area contributed by atoms with Crippen LogP contribution in [0.4, 0.5) is 0 Å². The van der Waals surface area contributed by atoms with Gasteiger partial charge in [-0.1, -0.05) is 146 Å². The second-order valence-corrected chi connectivity index (χ2v) is 17.4. The number of allylic oxidation sites excluding steroid dienone is 4. The van der Waals surface area contributed by atoms with Gasteiger partial charge in [-0.05, 0) is 102 Å². The Balaban J connectivity index is 0.983. The van der Waals surface area contributed by atoms with Gasteiger partial charge in [0.2, 0.25) is 0 Å². The largest absolute Gasteiger partial charge is 0.456 e. The van der Waals surface area contributed by atoms with Crippen molar-refractivity contribution in [3.63, 3.8) is 0 Å². The molecule has 5 nitrogen and oxygen atoms in total. The van der Waals surface area contributed by atoms with Gasteiger partial charge >= 0.3 is 0 Å². The summed E-state index contributed by atoms with van der Waals surface area (Å²) in [6, 6.07) is 62.5. The van der Waals surface area contributed by atoms with E-state index in [1.807, 2.05) is 18.2 Å². The number of nitrogens with zero attached hydrogens (tertiary/aromatic N) is 3. The van der Waals surface area contributed by atoms with Crippen molar-refractivity contribution in [1.29, 1.82) is 0 Å². The molecule has 13 rings (SSSR count). The minimum atomic E-state index is -0.228. The smallest absolute Gasteiger partial charge is 0.155 e. The first-order valence-corrected chi connectivity index (χ1v) is 22.8. The zero-order valence-electron chi connectivity index (χ0n) is 35.9. The molecule has 0 bridgehead atoms. The molecule has 2 unspecified atom stereocenters. The number of rotatable bonds is 7. The molecule has 0 radical (unpaired) electrons. The first-order chi connectivity index (χ1) is 32.2. The van der Waals surface area contributed by atoms with Crippen LogP contribution >= 0.6 is 0 Å². The predicted molar refractivity (Wildman–Crippen MR) is 270 cm³/mol. The highest BCUT2D eigenvalue weighted by molar-refractivity contribution is 6.23. The number of hydrogen-bond acceptors (Lipinski definition) is 4. The summed E-state index contributed by atoms with van der Waals surface area (Å²) in [5, 5.41) is 6.85. The highest BCUT2D eigenvalue weighted by Crippen LogP contribution is 2.45. The molecule has 2 atom stereocenters. The van der Waals surface area contributed by atoms with Crippen LogP contribution in [0.3, 0.4) is 0 Å². The molecule has 310 valence electrons. The van der Waals surface area contributed by atoms with E-state index in [9.17, 15) is 0 Å². The SMILES string of the molecule is CCC1C(c2cccc3oc4ccccc4c23)=NC(c2ccccc2)=NC1c1cccc2oc3ccc(-c4ccc5c6cc(-c7ccccc7)ccc6n(C6=CCCC=C6)c5c4)cc3c12. The molecule has 2 aliphatic rings. The lowest BCUT2D eigenvalue weighted by Gasteiger charge is -2.30. The Bertz CT molecular complexity index is 3820. The zero-order valence-corrected chi connectivity index (χ0v) is 35.9. The van der Waals surface area contributed by atoms with Crippen LogP contribution in [-0.4, -0.2) is 16.1 Å². The van der Waals surface area contributed by atoms with E-state index < -0.39 is 0 Å². The average molecular weight is 838 g/mol. The number of aromatic nitrogens is 1. The highest BCUT2D eigenvalue weighted by atomic mass is 16.3. The maximum absolute atomic E-state index is 6.71. The van der Waals surface area contributed by atoms with Gasteiger partial charge in [0.1, 0.15) is 22.3 Å². The molecule has 65 heavy (non-hydrogen) atoms. The third-order valence-corrected chi connectivity index (χ3v) is 13.7. The number of furan rings is 2. The number of aliphatic imine (C=N–C) groups is 2. The van der Waals surface area contributed by atoms with Gasteiger partial charge in [-0.2, -0.15) is 0 Å². The summed E-state index contributed by atoms with van der Waals surface area (Å²) in [5.74, 6) is 0.712. The first-order valence-electron chi connectivity index (χ1n) is 22.8. The van der Waals surface area contributed by atoms with Crippen molar-refractivity contribution >= 4 is 82.9 Å². The Morgan fingerprint density at radius 2 is 1.20 bits per heavy atom. The van der Waals surface area contributed by atoms with E-state index in [1.165, 1.54) is 38.6 Å². The van der Waals surface area contributed by atoms with Gasteiger partial charge in [-0.3, -0.25) is 4.99 Å². The first kappa shape index (κ1) is 37.5.